The smallest absolute Gasteiger partial charge is 0.253 e. The summed E-state index contributed by atoms with van der Waals surface area (Å²) >= 11 is 0. The van der Waals surface area contributed by atoms with E-state index in [0.29, 0.717) is 6.54 Å². The van der Waals surface area contributed by atoms with Gasteiger partial charge in [-0.25, -0.2) is 0 Å². The second-order valence-electron chi connectivity index (χ2n) is 5.86. The van der Waals surface area contributed by atoms with E-state index in [1.54, 1.807) is 0 Å². The second kappa shape index (κ2) is 6.79. The molecule has 0 saturated carbocycles. The molecule has 1 aromatic carbocycles. The fraction of sp³-hybridized carbons (Fsp3) is 0.389. The summed E-state index contributed by atoms with van der Waals surface area (Å²) in [5.74, 6) is -0.0193. The number of hydrogen-bond acceptors (Lipinski definition) is 2. The summed E-state index contributed by atoms with van der Waals surface area (Å²) in [5, 5.41) is 6.09. The summed E-state index contributed by atoms with van der Waals surface area (Å²) in [6.07, 6.45) is 0. The van der Waals surface area contributed by atoms with Crippen LogP contribution >= 0.6 is 0 Å². The van der Waals surface area contributed by atoms with Crippen molar-refractivity contribution in [3.05, 3.63) is 52.8 Å². The average molecular weight is 299 g/mol. The topological polar surface area (TPSA) is 46.1 Å². The lowest BCUT2D eigenvalue weighted by molar-refractivity contribution is 0.0950. The highest BCUT2D eigenvalue weighted by Crippen LogP contribution is 2.21. The van der Waals surface area contributed by atoms with Crippen LogP contribution in [-0.2, 0) is 0 Å². The quantitative estimate of drug-likeness (QED) is 0.892. The Bertz CT molecular complexity index is 673. The molecule has 2 aromatic rings. The van der Waals surface area contributed by atoms with Gasteiger partial charge in [0.25, 0.3) is 5.91 Å². The molecule has 0 fully saturated rings. The van der Waals surface area contributed by atoms with E-state index in [1.165, 1.54) is 5.56 Å². The molecule has 0 aliphatic rings. The Kier molecular flexibility index (Phi) is 5.03. The molecule has 0 bridgehead atoms. The van der Waals surface area contributed by atoms with Gasteiger partial charge in [0.15, 0.2) is 0 Å². The molecule has 0 radical (unpaired) electrons. The Balaban J connectivity index is 2.29. The van der Waals surface area contributed by atoms with Gasteiger partial charge in [0.2, 0.25) is 0 Å². The minimum absolute atomic E-state index is 0.0193. The van der Waals surface area contributed by atoms with Crippen LogP contribution in [0.2, 0.25) is 0 Å². The van der Waals surface area contributed by atoms with Crippen LogP contribution in [0, 0.1) is 20.8 Å². The maximum absolute atomic E-state index is 12.4. The number of benzene rings is 1. The van der Waals surface area contributed by atoms with Gasteiger partial charge in [-0.15, -0.1) is 0 Å². The molecule has 1 unspecified atom stereocenters. The number of nitrogens with one attached hydrogen (secondary N) is 2. The maximum atomic E-state index is 12.4. The van der Waals surface area contributed by atoms with Crippen LogP contribution < -0.4 is 10.6 Å². The number of carbonyl (C=O) groups excluding carboxylic acids is 1. The standard InChI is InChI=1S/C18H25N3O/c1-12-7-6-8-16(9-12)21-14(3)10-17(15(21)4)18(22)20-11-13(2)19-5/h6-10,13,19H,11H2,1-5H3,(H,20,22). The van der Waals surface area contributed by atoms with Crippen LogP contribution in [0.15, 0.2) is 30.3 Å². The van der Waals surface area contributed by atoms with E-state index < -0.39 is 0 Å². The van der Waals surface area contributed by atoms with Gasteiger partial charge < -0.3 is 15.2 Å². The van der Waals surface area contributed by atoms with E-state index in [9.17, 15) is 4.79 Å². The van der Waals surface area contributed by atoms with Crippen LogP contribution in [0.3, 0.4) is 0 Å². The SMILES string of the molecule is CNC(C)CNC(=O)c1cc(C)n(-c2cccc(C)c2)c1C. The Morgan fingerprint density at radius 3 is 2.59 bits per heavy atom. The Hall–Kier alpha value is -2.07. The summed E-state index contributed by atoms with van der Waals surface area (Å²) in [7, 11) is 1.89. The van der Waals surface area contributed by atoms with Crippen molar-refractivity contribution < 1.29 is 4.79 Å². The highest BCUT2D eigenvalue weighted by Gasteiger charge is 2.16. The molecule has 2 N–H and O–H groups in total. The first-order valence-corrected chi connectivity index (χ1v) is 7.65. The van der Waals surface area contributed by atoms with Crippen molar-refractivity contribution >= 4 is 5.91 Å². The van der Waals surface area contributed by atoms with E-state index in [2.05, 4.69) is 40.3 Å². The molecule has 1 aromatic heterocycles. The minimum atomic E-state index is -0.0193. The predicted molar refractivity (Wildman–Crippen MR) is 90.8 cm³/mol. The molecule has 4 nitrogen and oxygen atoms in total. The first-order chi connectivity index (χ1) is 10.4. The predicted octanol–water partition coefficient (Wildman–Crippen LogP) is 2.74. The molecule has 0 saturated heterocycles. The number of nitrogens with zero attached hydrogens (tertiary/aromatic N) is 1. The zero-order chi connectivity index (χ0) is 16.3. The summed E-state index contributed by atoms with van der Waals surface area (Å²) in [6.45, 7) is 8.75. The summed E-state index contributed by atoms with van der Waals surface area (Å²) < 4.78 is 2.13. The number of rotatable bonds is 5. The number of likely N-dealkylation sites (N-methyl/N-ethyl adjacent to an activating group) is 1. The van der Waals surface area contributed by atoms with Crippen molar-refractivity contribution in [3.8, 4) is 5.69 Å². The molecule has 0 aliphatic carbocycles. The highest BCUT2D eigenvalue weighted by molar-refractivity contribution is 5.95. The lowest BCUT2D eigenvalue weighted by Gasteiger charge is -2.12. The lowest BCUT2D eigenvalue weighted by Crippen LogP contribution is -2.37. The average Bonchev–Trinajstić information content (AvgIpc) is 2.79. The van der Waals surface area contributed by atoms with E-state index in [-0.39, 0.29) is 11.9 Å². The van der Waals surface area contributed by atoms with Crippen LogP contribution in [0.5, 0.6) is 0 Å². The Morgan fingerprint density at radius 2 is 1.95 bits per heavy atom. The fourth-order valence-electron chi connectivity index (χ4n) is 2.60. The van der Waals surface area contributed by atoms with Crippen LogP contribution in [0.1, 0.15) is 34.2 Å². The van der Waals surface area contributed by atoms with Gasteiger partial charge in [0, 0.05) is 29.7 Å². The van der Waals surface area contributed by atoms with Crippen LogP contribution in [0.25, 0.3) is 5.69 Å². The van der Waals surface area contributed by atoms with Crippen molar-refractivity contribution in [2.75, 3.05) is 13.6 Å². The molecule has 1 atom stereocenters. The zero-order valence-electron chi connectivity index (χ0n) is 14.0. The van der Waals surface area contributed by atoms with Gasteiger partial charge in [-0.1, -0.05) is 12.1 Å². The van der Waals surface area contributed by atoms with Gasteiger partial charge in [-0.2, -0.15) is 0 Å². The van der Waals surface area contributed by atoms with Gasteiger partial charge in [0.1, 0.15) is 0 Å². The highest BCUT2D eigenvalue weighted by atomic mass is 16.1. The Labute approximate surface area is 132 Å². The lowest BCUT2D eigenvalue weighted by atomic mass is 10.2. The molecule has 1 amide bonds. The molecule has 118 valence electrons. The molecule has 4 heteroatoms. The third kappa shape index (κ3) is 3.39. The van der Waals surface area contributed by atoms with Crippen LogP contribution in [-0.4, -0.2) is 30.1 Å². The summed E-state index contributed by atoms with van der Waals surface area (Å²) in [5.41, 5.74) is 5.08. The normalized spacial score (nSPS) is 12.2. The van der Waals surface area contributed by atoms with Crippen molar-refractivity contribution in [2.45, 2.75) is 33.7 Å². The summed E-state index contributed by atoms with van der Waals surface area (Å²) in [4.78, 5) is 12.4. The molecule has 1 heterocycles. The number of carbonyl (C=O) groups is 1. The first kappa shape index (κ1) is 16.3. The third-order valence-corrected chi connectivity index (χ3v) is 4.00. The molecular weight excluding hydrogens is 274 g/mol. The van der Waals surface area contributed by atoms with Crippen molar-refractivity contribution in [2.24, 2.45) is 0 Å². The van der Waals surface area contributed by atoms with Crippen molar-refractivity contribution in [1.29, 1.82) is 0 Å². The second-order valence-corrected chi connectivity index (χ2v) is 5.86. The van der Waals surface area contributed by atoms with E-state index >= 15 is 0 Å². The van der Waals surface area contributed by atoms with E-state index in [0.717, 1.165) is 22.6 Å². The molecular formula is C18H25N3O. The maximum Gasteiger partial charge on any atom is 0.253 e. The van der Waals surface area contributed by atoms with Gasteiger partial charge in [-0.05, 0) is 58.5 Å². The monoisotopic (exact) mass is 299 g/mol. The fourth-order valence-corrected chi connectivity index (χ4v) is 2.60. The van der Waals surface area contributed by atoms with Crippen LogP contribution in [0.4, 0.5) is 0 Å². The minimum Gasteiger partial charge on any atom is -0.350 e. The molecule has 0 aliphatic heterocycles. The van der Waals surface area contributed by atoms with Crippen molar-refractivity contribution in [1.82, 2.24) is 15.2 Å². The molecule has 0 spiro atoms. The van der Waals surface area contributed by atoms with Gasteiger partial charge in [0.05, 0.1) is 5.56 Å². The largest absolute Gasteiger partial charge is 0.350 e. The Morgan fingerprint density at radius 1 is 1.23 bits per heavy atom. The number of aromatic nitrogens is 1. The third-order valence-electron chi connectivity index (χ3n) is 4.00. The molecule has 22 heavy (non-hydrogen) atoms. The number of hydrogen-bond donors (Lipinski definition) is 2. The molecule has 2 rings (SSSR count). The van der Waals surface area contributed by atoms with Gasteiger partial charge in [-0.3, -0.25) is 4.79 Å². The van der Waals surface area contributed by atoms with Crippen molar-refractivity contribution in [3.63, 3.8) is 0 Å². The van der Waals surface area contributed by atoms with E-state index in [1.807, 2.05) is 40.0 Å². The summed E-state index contributed by atoms with van der Waals surface area (Å²) in [6, 6.07) is 10.5. The van der Waals surface area contributed by atoms with E-state index in [4.69, 9.17) is 0 Å². The zero-order valence-corrected chi connectivity index (χ0v) is 14.0. The first-order valence-electron chi connectivity index (χ1n) is 7.65. The number of aryl methyl sites for hydroxylation is 2. The number of amides is 1. The van der Waals surface area contributed by atoms with Gasteiger partial charge >= 0.3 is 0 Å².